The Morgan fingerprint density at radius 3 is 2.93 bits per heavy atom. The highest BCUT2D eigenvalue weighted by molar-refractivity contribution is 5.01. The summed E-state index contributed by atoms with van der Waals surface area (Å²) < 4.78 is 1.91. The van der Waals surface area contributed by atoms with Gasteiger partial charge in [0.2, 0.25) is 0 Å². The number of nitrogens with zero attached hydrogens (tertiary/aromatic N) is 2. The minimum Gasteiger partial charge on any atom is -0.392 e. The zero-order valence-corrected chi connectivity index (χ0v) is 9.35. The van der Waals surface area contributed by atoms with Gasteiger partial charge in [-0.05, 0) is 12.5 Å². The molecule has 0 aromatic carbocycles. The van der Waals surface area contributed by atoms with Crippen LogP contribution in [0.1, 0.15) is 20.3 Å². The van der Waals surface area contributed by atoms with Crippen molar-refractivity contribution in [2.24, 2.45) is 5.41 Å². The van der Waals surface area contributed by atoms with Crippen LogP contribution in [0.5, 0.6) is 0 Å². The summed E-state index contributed by atoms with van der Waals surface area (Å²) in [6.45, 7) is 6.00. The summed E-state index contributed by atoms with van der Waals surface area (Å²) in [6.07, 6.45) is 4.46. The summed E-state index contributed by atoms with van der Waals surface area (Å²) in [7, 11) is 0. The normalized spacial score (nSPS) is 28.7. The SMILES string of the molecule is CC1(C)C(O)CC1NCCn1cccn1. The minimum absolute atomic E-state index is 0.0180. The molecular formula is C11H19N3O. The van der Waals surface area contributed by atoms with Crippen LogP contribution >= 0.6 is 0 Å². The summed E-state index contributed by atoms with van der Waals surface area (Å²) in [5, 5.41) is 17.2. The number of aromatic nitrogens is 2. The van der Waals surface area contributed by atoms with Crippen molar-refractivity contribution in [3.63, 3.8) is 0 Å². The van der Waals surface area contributed by atoms with Crippen LogP contribution in [0, 0.1) is 5.41 Å². The van der Waals surface area contributed by atoms with Crippen LogP contribution < -0.4 is 5.32 Å². The Bertz CT molecular complexity index is 308. The average molecular weight is 209 g/mol. The van der Waals surface area contributed by atoms with E-state index in [0.29, 0.717) is 6.04 Å². The predicted octanol–water partition coefficient (Wildman–Crippen LogP) is 0.632. The van der Waals surface area contributed by atoms with Crippen LogP contribution in [0.3, 0.4) is 0 Å². The molecule has 2 rings (SSSR count). The molecule has 1 fully saturated rings. The molecule has 0 bridgehead atoms. The number of aliphatic hydroxyl groups excluding tert-OH is 1. The van der Waals surface area contributed by atoms with E-state index in [1.54, 1.807) is 6.20 Å². The molecule has 1 aromatic heterocycles. The molecule has 15 heavy (non-hydrogen) atoms. The van der Waals surface area contributed by atoms with Gasteiger partial charge in [-0.1, -0.05) is 13.8 Å². The average Bonchev–Trinajstić information content (AvgIpc) is 2.69. The monoisotopic (exact) mass is 209 g/mol. The molecule has 2 N–H and O–H groups in total. The van der Waals surface area contributed by atoms with Gasteiger partial charge >= 0.3 is 0 Å². The van der Waals surface area contributed by atoms with Gasteiger partial charge in [0.25, 0.3) is 0 Å². The summed E-state index contributed by atoms with van der Waals surface area (Å²) in [5.41, 5.74) is 0.0180. The van der Waals surface area contributed by atoms with Gasteiger partial charge in [0.15, 0.2) is 0 Å². The molecule has 4 heteroatoms. The smallest absolute Gasteiger partial charge is 0.0621 e. The quantitative estimate of drug-likeness (QED) is 0.765. The highest BCUT2D eigenvalue weighted by Crippen LogP contribution is 2.40. The molecule has 0 aliphatic heterocycles. The van der Waals surface area contributed by atoms with Gasteiger partial charge in [-0.25, -0.2) is 0 Å². The number of aliphatic hydroxyl groups is 1. The summed E-state index contributed by atoms with van der Waals surface area (Å²) in [5.74, 6) is 0. The van der Waals surface area contributed by atoms with Crippen LogP contribution in [-0.4, -0.2) is 33.6 Å². The lowest BCUT2D eigenvalue weighted by atomic mass is 9.64. The first kappa shape index (κ1) is 10.6. The van der Waals surface area contributed by atoms with Gasteiger partial charge in [0, 0.05) is 30.4 Å². The number of nitrogens with one attached hydrogen (secondary N) is 1. The second-order valence-corrected chi connectivity index (χ2v) is 4.85. The Morgan fingerprint density at radius 2 is 2.40 bits per heavy atom. The molecule has 1 aliphatic rings. The van der Waals surface area contributed by atoms with E-state index in [1.165, 1.54) is 0 Å². The lowest BCUT2D eigenvalue weighted by molar-refractivity contribution is -0.0724. The topological polar surface area (TPSA) is 50.1 Å². The fraction of sp³-hybridized carbons (Fsp3) is 0.727. The van der Waals surface area contributed by atoms with Gasteiger partial charge in [0.1, 0.15) is 0 Å². The van der Waals surface area contributed by atoms with E-state index in [1.807, 2.05) is 16.9 Å². The van der Waals surface area contributed by atoms with Crippen molar-refractivity contribution in [3.8, 4) is 0 Å². The third-order valence-corrected chi connectivity index (χ3v) is 3.51. The van der Waals surface area contributed by atoms with Crippen LogP contribution in [0.15, 0.2) is 18.5 Å². The Hall–Kier alpha value is -0.870. The Kier molecular flexibility index (Phi) is 2.80. The number of hydrogen-bond acceptors (Lipinski definition) is 3. The Morgan fingerprint density at radius 1 is 1.60 bits per heavy atom. The molecule has 2 unspecified atom stereocenters. The van der Waals surface area contributed by atoms with Crippen molar-refractivity contribution >= 4 is 0 Å². The van der Waals surface area contributed by atoms with E-state index in [0.717, 1.165) is 19.5 Å². The third-order valence-electron chi connectivity index (χ3n) is 3.51. The minimum atomic E-state index is -0.153. The molecule has 0 saturated heterocycles. The molecular weight excluding hydrogens is 190 g/mol. The molecule has 1 saturated carbocycles. The highest BCUT2D eigenvalue weighted by atomic mass is 16.3. The molecule has 4 nitrogen and oxygen atoms in total. The molecule has 0 spiro atoms. The Labute approximate surface area is 90.3 Å². The maximum Gasteiger partial charge on any atom is 0.0621 e. The molecule has 0 radical (unpaired) electrons. The summed E-state index contributed by atoms with van der Waals surface area (Å²) in [4.78, 5) is 0. The summed E-state index contributed by atoms with van der Waals surface area (Å²) in [6, 6.07) is 2.36. The van der Waals surface area contributed by atoms with Crippen molar-refractivity contribution in [1.29, 1.82) is 0 Å². The fourth-order valence-electron chi connectivity index (χ4n) is 2.03. The van der Waals surface area contributed by atoms with Gasteiger partial charge in [0.05, 0.1) is 12.6 Å². The lowest BCUT2D eigenvalue weighted by Crippen LogP contribution is -2.60. The molecule has 84 valence electrons. The van der Waals surface area contributed by atoms with Gasteiger partial charge in [-0.3, -0.25) is 4.68 Å². The van der Waals surface area contributed by atoms with Crippen LogP contribution in [0.2, 0.25) is 0 Å². The third kappa shape index (κ3) is 2.06. The van der Waals surface area contributed by atoms with Gasteiger partial charge < -0.3 is 10.4 Å². The first-order valence-electron chi connectivity index (χ1n) is 5.49. The predicted molar refractivity (Wildman–Crippen MR) is 58.4 cm³/mol. The van der Waals surface area contributed by atoms with Crippen molar-refractivity contribution < 1.29 is 5.11 Å². The highest BCUT2D eigenvalue weighted by Gasteiger charge is 2.46. The van der Waals surface area contributed by atoms with Gasteiger partial charge in [-0.2, -0.15) is 5.10 Å². The number of hydrogen-bond donors (Lipinski definition) is 2. The largest absolute Gasteiger partial charge is 0.392 e. The first-order chi connectivity index (χ1) is 7.10. The van der Waals surface area contributed by atoms with E-state index in [9.17, 15) is 5.11 Å². The van der Waals surface area contributed by atoms with Crippen LogP contribution in [0.25, 0.3) is 0 Å². The van der Waals surface area contributed by atoms with E-state index in [4.69, 9.17) is 0 Å². The molecule has 1 aliphatic carbocycles. The standard InChI is InChI=1S/C11H19N3O/c1-11(2)9(8-10(11)15)12-5-7-14-6-3-4-13-14/h3-4,6,9-10,12,15H,5,7-8H2,1-2H3. The maximum absolute atomic E-state index is 9.57. The summed E-state index contributed by atoms with van der Waals surface area (Å²) >= 11 is 0. The second kappa shape index (κ2) is 3.94. The molecule has 0 amide bonds. The fourth-order valence-corrected chi connectivity index (χ4v) is 2.03. The van der Waals surface area contributed by atoms with Crippen LogP contribution in [-0.2, 0) is 6.54 Å². The van der Waals surface area contributed by atoms with Crippen LogP contribution in [0.4, 0.5) is 0 Å². The van der Waals surface area contributed by atoms with Crippen molar-refractivity contribution in [3.05, 3.63) is 18.5 Å². The first-order valence-corrected chi connectivity index (χ1v) is 5.49. The van der Waals surface area contributed by atoms with E-state index < -0.39 is 0 Å². The van der Waals surface area contributed by atoms with Gasteiger partial charge in [-0.15, -0.1) is 0 Å². The molecule has 1 heterocycles. The zero-order valence-electron chi connectivity index (χ0n) is 9.35. The van der Waals surface area contributed by atoms with E-state index in [2.05, 4.69) is 24.3 Å². The van der Waals surface area contributed by atoms with E-state index in [-0.39, 0.29) is 11.5 Å². The van der Waals surface area contributed by atoms with Crippen molar-refractivity contribution in [2.75, 3.05) is 6.54 Å². The lowest BCUT2D eigenvalue weighted by Gasteiger charge is -2.49. The Balaban J connectivity index is 1.71. The zero-order chi connectivity index (χ0) is 10.9. The molecule has 1 aromatic rings. The maximum atomic E-state index is 9.57. The van der Waals surface area contributed by atoms with E-state index >= 15 is 0 Å². The molecule has 2 atom stereocenters. The number of rotatable bonds is 4. The van der Waals surface area contributed by atoms with Crippen molar-refractivity contribution in [2.45, 2.75) is 39.0 Å². The second-order valence-electron chi connectivity index (χ2n) is 4.85. The van der Waals surface area contributed by atoms with Crippen molar-refractivity contribution in [1.82, 2.24) is 15.1 Å².